The van der Waals surface area contributed by atoms with Crippen LogP contribution in [0.5, 0.6) is 0 Å². The van der Waals surface area contributed by atoms with Gasteiger partial charge in [-0.1, -0.05) is 0 Å². The van der Waals surface area contributed by atoms with Gasteiger partial charge in [-0.25, -0.2) is 0 Å². The molecule has 3 aliphatic rings. The predicted octanol–water partition coefficient (Wildman–Crippen LogP) is 3.13. The fourth-order valence-electron chi connectivity index (χ4n) is 4.08. The second-order valence-corrected chi connectivity index (χ2v) is 8.19. The molecular weight excluding hydrogens is 399 g/mol. The highest BCUT2D eigenvalue weighted by Gasteiger charge is 2.36. The zero-order chi connectivity index (χ0) is 21.3. The average Bonchev–Trinajstić information content (AvgIpc) is 3.59. The van der Waals surface area contributed by atoms with Crippen molar-refractivity contribution in [1.82, 2.24) is 4.90 Å². The van der Waals surface area contributed by atoms with Crippen molar-refractivity contribution in [3.05, 3.63) is 23.8 Å². The lowest BCUT2D eigenvalue weighted by Gasteiger charge is -2.33. The van der Waals surface area contributed by atoms with Gasteiger partial charge < -0.3 is 19.9 Å². The summed E-state index contributed by atoms with van der Waals surface area (Å²) in [4.78, 5) is 28.8. The molecule has 2 heterocycles. The normalized spacial score (nSPS) is 20.9. The Bertz CT molecular complexity index is 796. The van der Waals surface area contributed by atoms with Crippen LogP contribution in [0.2, 0.25) is 0 Å². The summed E-state index contributed by atoms with van der Waals surface area (Å²) in [5.74, 6) is -0.291. The third-order valence-corrected chi connectivity index (χ3v) is 6.04. The van der Waals surface area contributed by atoms with Crippen LogP contribution in [-0.2, 0) is 20.5 Å². The molecule has 9 heteroatoms. The van der Waals surface area contributed by atoms with Gasteiger partial charge in [0, 0.05) is 38.0 Å². The molecule has 0 aromatic heterocycles. The summed E-state index contributed by atoms with van der Waals surface area (Å²) in [6.45, 7) is 3.12. The first-order chi connectivity index (χ1) is 14.3. The third kappa shape index (κ3) is 4.71. The minimum atomic E-state index is -4.49. The van der Waals surface area contributed by atoms with E-state index in [1.807, 2.05) is 9.80 Å². The molecule has 1 aromatic rings. The molecular formula is C21H26F3N3O3. The zero-order valence-electron chi connectivity index (χ0n) is 16.7. The number of anilines is 2. The number of ether oxygens (including phenoxy) is 1. The minimum absolute atomic E-state index is 0.150. The van der Waals surface area contributed by atoms with Crippen LogP contribution in [0.3, 0.4) is 0 Å². The SMILES string of the molecule is O=C(Nc1cc(C(F)(F)F)ccc1N1CCOCC1)C1CCN(C(=O)C2CC2)CC1. The van der Waals surface area contributed by atoms with Gasteiger partial charge in [-0.15, -0.1) is 0 Å². The van der Waals surface area contributed by atoms with Gasteiger partial charge in [-0.05, 0) is 43.9 Å². The van der Waals surface area contributed by atoms with Crippen LogP contribution in [0.25, 0.3) is 0 Å². The van der Waals surface area contributed by atoms with Crippen molar-refractivity contribution in [1.29, 1.82) is 0 Å². The Labute approximate surface area is 173 Å². The Morgan fingerprint density at radius 2 is 1.63 bits per heavy atom. The topological polar surface area (TPSA) is 61.9 Å². The molecule has 4 rings (SSSR count). The van der Waals surface area contributed by atoms with Gasteiger partial charge in [0.15, 0.2) is 0 Å². The number of hydrogen-bond acceptors (Lipinski definition) is 4. The predicted molar refractivity (Wildman–Crippen MR) is 105 cm³/mol. The molecule has 2 saturated heterocycles. The molecule has 164 valence electrons. The zero-order valence-corrected chi connectivity index (χ0v) is 16.7. The van der Waals surface area contributed by atoms with Gasteiger partial charge in [0.25, 0.3) is 0 Å². The van der Waals surface area contributed by atoms with E-state index < -0.39 is 11.7 Å². The summed E-state index contributed by atoms with van der Waals surface area (Å²) in [5.41, 5.74) is -0.0473. The van der Waals surface area contributed by atoms with E-state index in [0.717, 1.165) is 25.0 Å². The standard InChI is InChI=1S/C21H26F3N3O3/c22-21(23,24)16-3-4-18(26-9-11-30-12-10-26)17(13-16)25-19(28)14-5-7-27(8-6-14)20(29)15-1-2-15/h3-4,13-15H,1-2,5-12H2,(H,25,28). The largest absolute Gasteiger partial charge is 0.416 e. The fraction of sp³-hybridized carbons (Fsp3) is 0.619. The maximum absolute atomic E-state index is 13.2. The smallest absolute Gasteiger partial charge is 0.378 e. The molecule has 0 bridgehead atoms. The summed E-state index contributed by atoms with van der Waals surface area (Å²) in [6.07, 6.45) is -1.55. The lowest BCUT2D eigenvalue weighted by molar-refractivity contribution is -0.137. The van der Waals surface area contributed by atoms with Crippen LogP contribution in [0.15, 0.2) is 18.2 Å². The molecule has 3 fully saturated rings. The molecule has 2 amide bonds. The van der Waals surface area contributed by atoms with E-state index >= 15 is 0 Å². The lowest BCUT2D eigenvalue weighted by Crippen LogP contribution is -2.42. The van der Waals surface area contributed by atoms with E-state index in [0.29, 0.717) is 57.9 Å². The maximum Gasteiger partial charge on any atom is 0.416 e. The van der Waals surface area contributed by atoms with Crippen LogP contribution >= 0.6 is 0 Å². The summed E-state index contributed by atoms with van der Waals surface area (Å²) >= 11 is 0. The van der Waals surface area contributed by atoms with Crippen molar-refractivity contribution in [2.45, 2.75) is 31.9 Å². The maximum atomic E-state index is 13.2. The number of piperidine rings is 1. The molecule has 2 aliphatic heterocycles. The fourth-order valence-corrected chi connectivity index (χ4v) is 4.08. The summed E-state index contributed by atoms with van der Waals surface area (Å²) in [5, 5.41) is 2.74. The van der Waals surface area contributed by atoms with E-state index in [1.165, 1.54) is 6.07 Å². The van der Waals surface area contributed by atoms with Gasteiger partial charge in [-0.2, -0.15) is 13.2 Å². The number of morpholine rings is 1. The van der Waals surface area contributed by atoms with E-state index in [2.05, 4.69) is 5.32 Å². The molecule has 6 nitrogen and oxygen atoms in total. The molecule has 0 radical (unpaired) electrons. The highest BCUT2D eigenvalue weighted by molar-refractivity contribution is 5.96. The number of carbonyl (C=O) groups is 2. The molecule has 0 spiro atoms. The first-order valence-corrected chi connectivity index (χ1v) is 10.5. The van der Waals surface area contributed by atoms with Crippen molar-refractivity contribution in [3.8, 4) is 0 Å². The Morgan fingerprint density at radius 1 is 0.967 bits per heavy atom. The van der Waals surface area contributed by atoms with Gasteiger partial charge in [0.05, 0.1) is 30.2 Å². The lowest BCUT2D eigenvalue weighted by atomic mass is 9.95. The summed E-state index contributed by atoms with van der Waals surface area (Å²) in [6, 6.07) is 3.47. The van der Waals surface area contributed by atoms with Gasteiger partial charge >= 0.3 is 6.18 Å². The second-order valence-electron chi connectivity index (χ2n) is 8.19. The molecule has 1 saturated carbocycles. The number of alkyl halides is 3. The minimum Gasteiger partial charge on any atom is -0.378 e. The molecule has 1 N–H and O–H groups in total. The van der Waals surface area contributed by atoms with Crippen molar-refractivity contribution in [2.75, 3.05) is 49.6 Å². The summed E-state index contributed by atoms with van der Waals surface area (Å²) in [7, 11) is 0. The third-order valence-electron chi connectivity index (χ3n) is 6.04. The first-order valence-electron chi connectivity index (χ1n) is 10.5. The number of nitrogens with zero attached hydrogens (tertiary/aromatic N) is 2. The number of likely N-dealkylation sites (tertiary alicyclic amines) is 1. The Morgan fingerprint density at radius 3 is 2.23 bits per heavy atom. The Balaban J connectivity index is 1.46. The van der Waals surface area contributed by atoms with E-state index in [9.17, 15) is 22.8 Å². The molecule has 1 aliphatic carbocycles. The quantitative estimate of drug-likeness (QED) is 0.805. The number of rotatable bonds is 4. The van der Waals surface area contributed by atoms with E-state index in [4.69, 9.17) is 4.74 Å². The Kier molecular flexibility index (Phi) is 5.90. The van der Waals surface area contributed by atoms with Crippen LogP contribution in [0, 0.1) is 11.8 Å². The number of nitrogens with one attached hydrogen (secondary N) is 1. The van der Waals surface area contributed by atoms with Crippen molar-refractivity contribution in [3.63, 3.8) is 0 Å². The van der Waals surface area contributed by atoms with Gasteiger partial charge in [0.1, 0.15) is 0 Å². The highest BCUT2D eigenvalue weighted by atomic mass is 19.4. The molecule has 0 unspecified atom stereocenters. The van der Waals surface area contributed by atoms with Crippen LogP contribution in [0.4, 0.5) is 24.5 Å². The number of amides is 2. The summed E-state index contributed by atoms with van der Waals surface area (Å²) < 4.78 is 45.0. The van der Waals surface area contributed by atoms with Crippen molar-refractivity contribution >= 4 is 23.2 Å². The number of carbonyl (C=O) groups excluding carboxylic acids is 2. The first kappa shape index (κ1) is 21.0. The highest BCUT2D eigenvalue weighted by Crippen LogP contribution is 2.37. The molecule has 1 aromatic carbocycles. The molecule has 30 heavy (non-hydrogen) atoms. The van der Waals surface area contributed by atoms with Gasteiger partial charge in [-0.3, -0.25) is 9.59 Å². The van der Waals surface area contributed by atoms with E-state index in [-0.39, 0.29) is 29.3 Å². The Hall–Kier alpha value is -2.29. The van der Waals surface area contributed by atoms with Crippen LogP contribution in [0.1, 0.15) is 31.2 Å². The van der Waals surface area contributed by atoms with Gasteiger partial charge in [0.2, 0.25) is 11.8 Å². The van der Waals surface area contributed by atoms with Crippen LogP contribution in [-0.4, -0.2) is 56.1 Å². The number of hydrogen-bond donors (Lipinski definition) is 1. The molecule has 0 atom stereocenters. The number of benzene rings is 1. The van der Waals surface area contributed by atoms with E-state index in [1.54, 1.807) is 0 Å². The van der Waals surface area contributed by atoms with Crippen molar-refractivity contribution < 1.29 is 27.5 Å². The number of halogens is 3. The average molecular weight is 425 g/mol. The van der Waals surface area contributed by atoms with Crippen molar-refractivity contribution in [2.24, 2.45) is 11.8 Å². The second kappa shape index (κ2) is 8.45. The monoisotopic (exact) mass is 425 g/mol. The van der Waals surface area contributed by atoms with Crippen LogP contribution < -0.4 is 10.2 Å².